The van der Waals surface area contributed by atoms with Gasteiger partial charge in [-0.3, -0.25) is 4.40 Å². The van der Waals surface area contributed by atoms with Gasteiger partial charge < -0.3 is 0 Å². The Hall–Kier alpha value is -3.51. The zero-order valence-corrected chi connectivity index (χ0v) is 19.3. The molecule has 0 aliphatic carbocycles. The second kappa shape index (κ2) is 7.88. The molecule has 0 N–H and O–H groups in total. The minimum atomic E-state index is 0.850. The number of aromatic nitrogens is 3. The zero-order chi connectivity index (χ0) is 21.5. The molecule has 0 fully saturated rings. The van der Waals surface area contributed by atoms with Gasteiger partial charge in [0.2, 0.25) is 0 Å². The first-order valence-corrected chi connectivity index (χ1v) is 11.5. The molecule has 6 rings (SSSR count). The van der Waals surface area contributed by atoms with Crippen LogP contribution in [0.25, 0.3) is 50.1 Å². The molecule has 0 aliphatic rings. The van der Waals surface area contributed by atoms with E-state index in [0.29, 0.717) is 0 Å². The fraction of sp³-hybridized carbons (Fsp3) is 0. The lowest BCUT2D eigenvalue weighted by atomic mass is 9.96. The van der Waals surface area contributed by atoms with Gasteiger partial charge in [0.15, 0.2) is 11.5 Å². The van der Waals surface area contributed by atoms with E-state index >= 15 is 0 Å². The molecule has 0 saturated carbocycles. The first-order valence-electron chi connectivity index (χ1n) is 10.5. The van der Waals surface area contributed by atoms with Crippen LogP contribution in [0, 0.1) is 3.57 Å². The van der Waals surface area contributed by atoms with Gasteiger partial charge in [-0.15, -0.1) is 10.2 Å². The molecule has 0 radical (unpaired) electrons. The smallest absolute Gasteiger partial charge is 0.169 e. The average Bonchev–Trinajstić information content (AvgIpc) is 3.29. The third kappa shape index (κ3) is 3.28. The van der Waals surface area contributed by atoms with Crippen LogP contribution in [0.1, 0.15) is 0 Å². The van der Waals surface area contributed by atoms with E-state index in [9.17, 15) is 0 Å². The van der Waals surface area contributed by atoms with E-state index < -0.39 is 0 Å². The quantitative estimate of drug-likeness (QED) is 0.225. The third-order valence-corrected chi connectivity index (χ3v) is 6.51. The van der Waals surface area contributed by atoms with E-state index in [-0.39, 0.29) is 0 Å². The van der Waals surface area contributed by atoms with Crippen LogP contribution in [0.5, 0.6) is 0 Å². The number of rotatable bonds is 3. The lowest BCUT2D eigenvalue weighted by Gasteiger charge is -2.11. The van der Waals surface area contributed by atoms with Crippen LogP contribution in [0.15, 0.2) is 109 Å². The van der Waals surface area contributed by atoms with Crippen molar-refractivity contribution in [3.8, 4) is 33.6 Å². The van der Waals surface area contributed by atoms with E-state index in [1.54, 1.807) is 0 Å². The van der Waals surface area contributed by atoms with Crippen molar-refractivity contribution in [1.82, 2.24) is 14.6 Å². The summed E-state index contributed by atoms with van der Waals surface area (Å²) in [5.41, 5.74) is 6.68. The number of fused-ring (bicyclic) bond motifs is 3. The molecule has 0 spiro atoms. The summed E-state index contributed by atoms with van der Waals surface area (Å²) >= 11 is 2.32. The van der Waals surface area contributed by atoms with E-state index in [1.165, 1.54) is 25.6 Å². The standard InChI is InChI=1S/C28H18IN3/c29-23-15-13-20(14-16-23)27-30-31-28-25-12-5-4-11-24(25)26(18-32(27)28)22-10-6-9-21(17-22)19-7-2-1-3-8-19/h1-18H. The highest BCUT2D eigenvalue weighted by Gasteiger charge is 2.15. The van der Waals surface area contributed by atoms with Gasteiger partial charge >= 0.3 is 0 Å². The number of halogens is 1. The number of nitrogens with zero attached hydrogens (tertiary/aromatic N) is 3. The van der Waals surface area contributed by atoms with Crippen LogP contribution in [0.4, 0.5) is 0 Å². The maximum Gasteiger partial charge on any atom is 0.169 e. The lowest BCUT2D eigenvalue weighted by Crippen LogP contribution is -1.94. The molecule has 3 nitrogen and oxygen atoms in total. The molecular weight excluding hydrogens is 505 g/mol. The normalized spacial score (nSPS) is 11.3. The van der Waals surface area contributed by atoms with Crippen LogP contribution in [-0.4, -0.2) is 14.6 Å². The summed E-state index contributed by atoms with van der Waals surface area (Å²) in [7, 11) is 0. The average molecular weight is 523 g/mol. The molecule has 0 unspecified atom stereocenters. The molecule has 0 atom stereocenters. The van der Waals surface area contributed by atoms with Crippen molar-refractivity contribution in [3.05, 3.63) is 113 Å². The van der Waals surface area contributed by atoms with Gasteiger partial charge in [0, 0.05) is 26.3 Å². The summed E-state index contributed by atoms with van der Waals surface area (Å²) in [6.45, 7) is 0. The molecule has 2 heterocycles. The van der Waals surface area contributed by atoms with Crippen molar-refractivity contribution < 1.29 is 0 Å². The van der Waals surface area contributed by atoms with Crippen molar-refractivity contribution in [2.24, 2.45) is 0 Å². The predicted molar refractivity (Wildman–Crippen MR) is 140 cm³/mol. The van der Waals surface area contributed by atoms with Gasteiger partial charge in [-0.05, 0) is 62.9 Å². The fourth-order valence-corrected chi connectivity index (χ4v) is 4.59. The zero-order valence-electron chi connectivity index (χ0n) is 17.1. The largest absolute Gasteiger partial charge is 0.281 e. The maximum absolute atomic E-state index is 4.56. The Morgan fingerprint density at radius 1 is 0.562 bits per heavy atom. The van der Waals surface area contributed by atoms with Gasteiger partial charge in [0.05, 0.1) is 0 Å². The summed E-state index contributed by atoms with van der Waals surface area (Å²) in [4.78, 5) is 0. The number of hydrogen-bond acceptors (Lipinski definition) is 2. The molecule has 0 bridgehead atoms. The highest BCUT2D eigenvalue weighted by Crippen LogP contribution is 2.34. The van der Waals surface area contributed by atoms with E-state index in [1.807, 2.05) is 6.07 Å². The molecule has 2 aromatic heterocycles. The second-order valence-corrected chi connectivity index (χ2v) is 9.00. The fourth-order valence-electron chi connectivity index (χ4n) is 4.23. The summed E-state index contributed by atoms with van der Waals surface area (Å²) in [6.07, 6.45) is 2.18. The van der Waals surface area contributed by atoms with Crippen molar-refractivity contribution in [3.63, 3.8) is 0 Å². The van der Waals surface area contributed by atoms with Gasteiger partial charge in [-0.1, -0.05) is 84.9 Å². The Balaban J connectivity index is 1.61. The van der Waals surface area contributed by atoms with Gasteiger partial charge in [-0.25, -0.2) is 0 Å². The monoisotopic (exact) mass is 523 g/mol. The van der Waals surface area contributed by atoms with E-state index in [4.69, 9.17) is 0 Å². The highest BCUT2D eigenvalue weighted by atomic mass is 127. The molecule has 4 heteroatoms. The summed E-state index contributed by atoms with van der Waals surface area (Å²) < 4.78 is 3.32. The summed E-state index contributed by atoms with van der Waals surface area (Å²) in [5.74, 6) is 0.850. The molecule has 0 saturated heterocycles. The summed E-state index contributed by atoms with van der Waals surface area (Å²) in [6, 6.07) is 36.1. The molecule has 4 aromatic carbocycles. The molecule has 152 valence electrons. The third-order valence-electron chi connectivity index (χ3n) is 5.80. The van der Waals surface area contributed by atoms with Crippen molar-refractivity contribution in [2.75, 3.05) is 0 Å². The lowest BCUT2D eigenvalue weighted by molar-refractivity contribution is 1.11. The predicted octanol–water partition coefficient (Wildman–Crippen LogP) is 7.49. The highest BCUT2D eigenvalue weighted by molar-refractivity contribution is 14.1. The van der Waals surface area contributed by atoms with Crippen LogP contribution in [0.3, 0.4) is 0 Å². The Bertz CT molecular complexity index is 1570. The Morgan fingerprint density at radius 2 is 1.25 bits per heavy atom. The van der Waals surface area contributed by atoms with Crippen molar-refractivity contribution in [1.29, 1.82) is 0 Å². The van der Waals surface area contributed by atoms with Gasteiger partial charge in [0.25, 0.3) is 0 Å². The Labute approximate surface area is 199 Å². The summed E-state index contributed by atoms with van der Waals surface area (Å²) in [5, 5.41) is 11.4. The Morgan fingerprint density at radius 3 is 2.06 bits per heavy atom. The van der Waals surface area contributed by atoms with E-state index in [0.717, 1.165) is 28.0 Å². The van der Waals surface area contributed by atoms with Crippen LogP contribution in [0.2, 0.25) is 0 Å². The van der Waals surface area contributed by atoms with Crippen LogP contribution in [-0.2, 0) is 0 Å². The molecule has 32 heavy (non-hydrogen) atoms. The van der Waals surface area contributed by atoms with Crippen LogP contribution < -0.4 is 0 Å². The number of hydrogen-bond donors (Lipinski definition) is 0. The molecule has 0 aliphatic heterocycles. The second-order valence-electron chi connectivity index (χ2n) is 7.76. The first kappa shape index (κ1) is 19.2. The molecular formula is C28H18IN3. The maximum atomic E-state index is 4.56. The SMILES string of the molecule is Ic1ccc(-c2nnc3c4ccccc4c(-c4cccc(-c5ccccc5)c4)cn23)cc1. The number of benzene rings is 4. The minimum absolute atomic E-state index is 0.850. The van der Waals surface area contributed by atoms with Gasteiger partial charge in [0.1, 0.15) is 0 Å². The van der Waals surface area contributed by atoms with Gasteiger partial charge in [-0.2, -0.15) is 0 Å². The van der Waals surface area contributed by atoms with Crippen molar-refractivity contribution >= 4 is 39.0 Å². The van der Waals surface area contributed by atoms with E-state index in [2.05, 4.69) is 140 Å². The molecule has 6 aromatic rings. The van der Waals surface area contributed by atoms with Crippen molar-refractivity contribution in [2.45, 2.75) is 0 Å². The minimum Gasteiger partial charge on any atom is -0.281 e. The van der Waals surface area contributed by atoms with Crippen LogP contribution >= 0.6 is 22.6 Å². The topological polar surface area (TPSA) is 30.2 Å². The number of pyridine rings is 1. The first-order chi connectivity index (χ1) is 15.8. The Kier molecular flexibility index (Phi) is 4.72. The molecule has 0 amide bonds.